The van der Waals surface area contributed by atoms with Crippen LogP contribution in [0, 0.1) is 11.3 Å². The Labute approximate surface area is 99.9 Å². The van der Waals surface area contributed by atoms with Crippen LogP contribution in [0.25, 0.3) is 0 Å². The summed E-state index contributed by atoms with van der Waals surface area (Å²) in [5, 5.41) is 19.3. The molecule has 1 amide bonds. The van der Waals surface area contributed by atoms with Crippen molar-refractivity contribution in [2.45, 2.75) is 37.6 Å². The molecule has 17 heavy (non-hydrogen) atoms. The maximum absolute atomic E-state index is 11.9. The largest absolute Gasteiger partial charge is 0.334 e. The van der Waals surface area contributed by atoms with Crippen LogP contribution in [-0.4, -0.2) is 21.6 Å². The number of carbonyl (C=O) groups is 1. The minimum atomic E-state index is -0.696. The predicted molar refractivity (Wildman–Crippen MR) is 60.9 cm³/mol. The first-order valence-electron chi connectivity index (χ1n) is 5.76. The van der Waals surface area contributed by atoms with Gasteiger partial charge in [-0.25, -0.2) is 0 Å². The Morgan fingerprint density at radius 2 is 2.12 bits per heavy atom. The van der Waals surface area contributed by atoms with Crippen molar-refractivity contribution < 1.29 is 4.79 Å². The highest BCUT2D eigenvalue weighted by Gasteiger charge is 2.33. The molecule has 1 aliphatic carbocycles. The molecule has 0 unspecified atom stereocenters. The Bertz CT molecular complexity index is 432. The van der Waals surface area contributed by atoms with Crippen LogP contribution < -0.4 is 5.32 Å². The number of carbonyl (C=O) groups excluding carboxylic acids is 1. The van der Waals surface area contributed by atoms with Crippen LogP contribution in [0.15, 0.2) is 18.5 Å². The normalized spacial score (nSPS) is 18.1. The van der Waals surface area contributed by atoms with Gasteiger partial charge in [-0.2, -0.15) is 15.5 Å². The summed E-state index contributed by atoms with van der Waals surface area (Å²) in [6.07, 6.45) is 7.44. The topological polar surface area (TPSA) is 78.7 Å². The molecule has 0 spiro atoms. The average molecular weight is 230 g/mol. The number of nitrogens with zero attached hydrogens (tertiary/aromatic N) is 3. The lowest BCUT2D eigenvalue weighted by atomic mass is 9.82. The van der Waals surface area contributed by atoms with Crippen molar-refractivity contribution in [2.75, 3.05) is 0 Å². The van der Waals surface area contributed by atoms with Crippen molar-refractivity contribution in [3.63, 3.8) is 0 Å². The summed E-state index contributed by atoms with van der Waals surface area (Å²) in [6.45, 7) is 0. The number of nitrogens with one attached hydrogen (secondary N) is 1. The summed E-state index contributed by atoms with van der Waals surface area (Å²) in [4.78, 5) is 11.9. The minimum Gasteiger partial charge on any atom is -0.334 e. The lowest BCUT2D eigenvalue weighted by molar-refractivity contribution is 0.0902. The zero-order valence-corrected chi connectivity index (χ0v) is 9.52. The van der Waals surface area contributed by atoms with Gasteiger partial charge in [0, 0.05) is 0 Å². The van der Waals surface area contributed by atoms with E-state index in [1.807, 2.05) is 0 Å². The molecule has 0 atom stereocenters. The molecule has 2 rings (SSSR count). The van der Waals surface area contributed by atoms with Crippen molar-refractivity contribution in [1.29, 1.82) is 5.26 Å². The molecule has 1 N–H and O–H groups in total. The fraction of sp³-hybridized carbons (Fsp3) is 0.500. The van der Waals surface area contributed by atoms with E-state index < -0.39 is 5.54 Å². The number of hydrogen-bond donors (Lipinski definition) is 1. The summed E-state index contributed by atoms with van der Waals surface area (Å²) in [6, 6.07) is 3.84. The van der Waals surface area contributed by atoms with E-state index in [4.69, 9.17) is 0 Å². The van der Waals surface area contributed by atoms with E-state index in [1.165, 1.54) is 12.4 Å². The summed E-state index contributed by atoms with van der Waals surface area (Å²) in [5.74, 6) is -0.247. The molecule has 1 aromatic heterocycles. The molecule has 1 saturated carbocycles. The van der Waals surface area contributed by atoms with Gasteiger partial charge in [-0.05, 0) is 18.9 Å². The maximum Gasteiger partial charge on any atom is 0.254 e. The minimum absolute atomic E-state index is 0.247. The molecule has 1 heterocycles. The maximum atomic E-state index is 11.9. The van der Waals surface area contributed by atoms with Crippen molar-refractivity contribution in [3.8, 4) is 6.07 Å². The molecule has 0 aliphatic heterocycles. The standard InChI is InChI=1S/C12H14N4O/c13-9-12(5-2-1-3-6-12)16-11(17)10-4-7-14-15-8-10/h4,7-8H,1-3,5-6H2,(H,16,17). The Kier molecular flexibility index (Phi) is 3.33. The van der Waals surface area contributed by atoms with E-state index >= 15 is 0 Å². The Hall–Kier alpha value is -1.96. The first-order chi connectivity index (χ1) is 8.26. The van der Waals surface area contributed by atoms with Crippen molar-refractivity contribution >= 4 is 5.91 Å². The molecule has 1 fully saturated rings. The van der Waals surface area contributed by atoms with E-state index in [9.17, 15) is 10.1 Å². The van der Waals surface area contributed by atoms with Gasteiger partial charge in [0.05, 0.1) is 24.0 Å². The summed E-state index contributed by atoms with van der Waals surface area (Å²) in [5.41, 5.74) is -0.251. The fourth-order valence-corrected chi connectivity index (χ4v) is 2.13. The predicted octanol–water partition coefficient (Wildman–Crippen LogP) is 1.43. The second-order valence-electron chi connectivity index (χ2n) is 4.34. The van der Waals surface area contributed by atoms with E-state index in [-0.39, 0.29) is 5.91 Å². The molecule has 5 heteroatoms. The highest BCUT2D eigenvalue weighted by molar-refractivity contribution is 5.94. The Morgan fingerprint density at radius 1 is 1.35 bits per heavy atom. The number of aromatic nitrogens is 2. The lowest BCUT2D eigenvalue weighted by Gasteiger charge is -2.31. The van der Waals surface area contributed by atoms with Crippen molar-refractivity contribution in [1.82, 2.24) is 15.5 Å². The molecule has 1 aliphatic rings. The van der Waals surface area contributed by atoms with Gasteiger partial charge in [0.15, 0.2) is 0 Å². The smallest absolute Gasteiger partial charge is 0.254 e. The zero-order chi connectivity index (χ0) is 12.1. The first-order valence-corrected chi connectivity index (χ1v) is 5.76. The van der Waals surface area contributed by atoms with Crippen molar-refractivity contribution in [3.05, 3.63) is 24.0 Å². The molecule has 1 aromatic rings. The van der Waals surface area contributed by atoms with Gasteiger partial charge >= 0.3 is 0 Å². The number of nitriles is 1. The number of rotatable bonds is 2. The summed E-state index contributed by atoms with van der Waals surface area (Å²) >= 11 is 0. The summed E-state index contributed by atoms with van der Waals surface area (Å²) in [7, 11) is 0. The SMILES string of the molecule is N#CC1(NC(=O)c2ccnnc2)CCCCC1. The molecule has 0 saturated heterocycles. The van der Waals surface area contributed by atoms with Gasteiger partial charge in [-0.1, -0.05) is 19.3 Å². The van der Waals surface area contributed by atoms with Gasteiger partial charge in [-0.15, -0.1) is 0 Å². The van der Waals surface area contributed by atoms with Crippen molar-refractivity contribution in [2.24, 2.45) is 0 Å². The van der Waals surface area contributed by atoms with Crippen LogP contribution in [0.1, 0.15) is 42.5 Å². The van der Waals surface area contributed by atoms with E-state index in [0.29, 0.717) is 5.56 Å². The van der Waals surface area contributed by atoms with Crippen LogP contribution in [0.2, 0.25) is 0 Å². The molecular formula is C12H14N4O. The van der Waals surface area contributed by atoms with Gasteiger partial charge in [0.2, 0.25) is 0 Å². The van der Waals surface area contributed by atoms with Crippen LogP contribution in [0.5, 0.6) is 0 Å². The van der Waals surface area contributed by atoms with E-state index in [0.717, 1.165) is 32.1 Å². The highest BCUT2D eigenvalue weighted by atomic mass is 16.1. The van der Waals surface area contributed by atoms with Gasteiger partial charge in [0.1, 0.15) is 5.54 Å². The molecule has 0 radical (unpaired) electrons. The molecule has 88 valence electrons. The lowest BCUT2D eigenvalue weighted by Crippen LogP contribution is -2.48. The van der Waals surface area contributed by atoms with Crippen LogP contribution in [0.4, 0.5) is 0 Å². The van der Waals surface area contributed by atoms with Crippen LogP contribution in [-0.2, 0) is 0 Å². The third-order valence-electron chi connectivity index (χ3n) is 3.12. The van der Waals surface area contributed by atoms with Gasteiger partial charge in [0.25, 0.3) is 5.91 Å². The monoisotopic (exact) mass is 230 g/mol. The molecular weight excluding hydrogens is 216 g/mol. The van der Waals surface area contributed by atoms with Crippen LogP contribution in [0.3, 0.4) is 0 Å². The van der Waals surface area contributed by atoms with E-state index in [1.54, 1.807) is 6.07 Å². The third kappa shape index (κ3) is 2.59. The Morgan fingerprint density at radius 3 is 2.71 bits per heavy atom. The Balaban J connectivity index is 2.10. The second-order valence-corrected chi connectivity index (χ2v) is 4.34. The quantitative estimate of drug-likeness (QED) is 0.833. The third-order valence-corrected chi connectivity index (χ3v) is 3.12. The van der Waals surface area contributed by atoms with Gasteiger partial charge < -0.3 is 5.32 Å². The summed E-state index contributed by atoms with van der Waals surface area (Å²) < 4.78 is 0. The first kappa shape index (κ1) is 11.5. The zero-order valence-electron chi connectivity index (χ0n) is 9.52. The molecule has 0 bridgehead atoms. The van der Waals surface area contributed by atoms with Gasteiger partial charge in [-0.3, -0.25) is 4.79 Å². The highest BCUT2D eigenvalue weighted by Crippen LogP contribution is 2.27. The molecule has 0 aromatic carbocycles. The van der Waals surface area contributed by atoms with E-state index in [2.05, 4.69) is 21.6 Å². The second kappa shape index (κ2) is 4.91. The number of amides is 1. The number of hydrogen-bond acceptors (Lipinski definition) is 4. The molecule has 5 nitrogen and oxygen atoms in total. The fourth-order valence-electron chi connectivity index (χ4n) is 2.13. The van der Waals surface area contributed by atoms with Crippen LogP contribution >= 0.6 is 0 Å². The average Bonchev–Trinajstić information content (AvgIpc) is 2.41.